The molecule has 0 aliphatic carbocycles. The van der Waals surface area contributed by atoms with Gasteiger partial charge in [0.2, 0.25) is 0 Å². The minimum Gasteiger partial charge on any atom is -0.485 e. The minimum atomic E-state index is -0.136. The molecular weight excluding hydrogens is 394 g/mol. The van der Waals surface area contributed by atoms with Crippen molar-refractivity contribution in [3.63, 3.8) is 0 Å². The maximum Gasteiger partial charge on any atom is 0.276 e. The van der Waals surface area contributed by atoms with Crippen molar-refractivity contribution in [1.29, 1.82) is 0 Å². The molecule has 2 atom stereocenters. The van der Waals surface area contributed by atoms with Gasteiger partial charge in [-0.1, -0.05) is 23.4 Å². The van der Waals surface area contributed by atoms with Crippen LogP contribution in [-0.4, -0.2) is 33.6 Å². The first-order chi connectivity index (χ1) is 15.0. The van der Waals surface area contributed by atoms with E-state index in [1.54, 1.807) is 18.2 Å². The first kappa shape index (κ1) is 19.6. The third-order valence-corrected chi connectivity index (χ3v) is 6.26. The van der Waals surface area contributed by atoms with Crippen LogP contribution in [0, 0.1) is 19.8 Å². The van der Waals surface area contributed by atoms with Crippen LogP contribution < -0.4 is 10.3 Å². The molecule has 160 valence electrons. The second-order valence-corrected chi connectivity index (χ2v) is 8.64. The van der Waals surface area contributed by atoms with Crippen LogP contribution in [0.4, 0.5) is 0 Å². The molecule has 7 nitrogen and oxygen atoms in total. The van der Waals surface area contributed by atoms with Crippen LogP contribution >= 0.6 is 0 Å². The number of hydrogen-bond donors (Lipinski definition) is 0. The number of likely N-dealkylation sites (tertiary alicyclic amines) is 1. The lowest BCUT2D eigenvalue weighted by molar-refractivity contribution is 0.0584. The van der Waals surface area contributed by atoms with Crippen molar-refractivity contribution in [1.82, 2.24) is 14.6 Å². The van der Waals surface area contributed by atoms with Gasteiger partial charge < -0.3 is 18.7 Å². The van der Waals surface area contributed by atoms with Crippen LogP contribution in [0.5, 0.6) is 5.75 Å². The van der Waals surface area contributed by atoms with Crippen molar-refractivity contribution in [2.75, 3.05) is 13.1 Å². The average Bonchev–Trinajstić information content (AvgIpc) is 3.23. The molecule has 0 N–H and O–H groups in total. The number of ether oxygens (including phenoxy) is 1. The first-order valence-corrected chi connectivity index (χ1v) is 10.6. The Hall–Kier alpha value is -3.35. The molecule has 2 aliphatic rings. The molecule has 0 radical (unpaired) electrons. The van der Waals surface area contributed by atoms with E-state index in [0.717, 1.165) is 29.0 Å². The minimum absolute atomic E-state index is 0.0389. The van der Waals surface area contributed by atoms with Crippen molar-refractivity contribution in [3.05, 3.63) is 81.1 Å². The van der Waals surface area contributed by atoms with Crippen molar-refractivity contribution >= 4 is 5.91 Å². The standard InChI is InChI=1S/C24H25N3O4/c1-15-6-7-16(2)22(8-15)30-14-19-10-20(25-31-19)24(29)26-11-17-9-18(13-26)21-4-3-5-23(28)27(21)12-17/h3-8,10,17-18H,9,11-14H2,1-2H3/t17-,18-/m0/s1. The van der Waals surface area contributed by atoms with Gasteiger partial charge in [-0.25, -0.2) is 0 Å². The summed E-state index contributed by atoms with van der Waals surface area (Å²) < 4.78 is 13.1. The highest BCUT2D eigenvalue weighted by atomic mass is 16.5. The fourth-order valence-corrected chi connectivity index (χ4v) is 4.72. The number of aromatic nitrogens is 2. The molecule has 2 aliphatic heterocycles. The van der Waals surface area contributed by atoms with Gasteiger partial charge >= 0.3 is 0 Å². The molecular formula is C24H25N3O4. The normalized spacial score (nSPS) is 19.7. The van der Waals surface area contributed by atoms with Crippen LogP contribution in [0.15, 0.2) is 51.8 Å². The summed E-state index contributed by atoms with van der Waals surface area (Å²) in [6.07, 6.45) is 1.00. The number of benzene rings is 1. The number of carbonyl (C=O) groups excluding carboxylic acids is 1. The van der Waals surface area contributed by atoms with Gasteiger partial charge in [-0.3, -0.25) is 9.59 Å². The Labute approximate surface area is 180 Å². The topological polar surface area (TPSA) is 77.6 Å². The van der Waals surface area contributed by atoms with Gasteiger partial charge in [0, 0.05) is 43.4 Å². The van der Waals surface area contributed by atoms with Gasteiger partial charge in [0.15, 0.2) is 11.5 Å². The third-order valence-electron chi connectivity index (χ3n) is 6.26. The molecule has 1 amide bonds. The zero-order valence-corrected chi connectivity index (χ0v) is 17.7. The number of piperidine rings is 1. The van der Waals surface area contributed by atoms with Gasteiger partial charge in [0.1, 0.15) is 12.4 Å². The number of nitrogens with zero attached hydrogens (tertiary/aromatic N) is 3. The maximum atomic E-state index is 13.1. The highest BCUT2D eigenvalue weighted by Crippen LogP contribution is 2.35. The van der Waals surface area contributed by atoms with Crippen molar-refractivity contribution in [3.8, 4) is 5.75 Å². The summed E-state index contributed by atoms with van der Waals surface area (Å²) in [5.41, 5.74) is 3.51. The van der Waals surface area contributed by atoms with E-state index in [1.165, 1.54) is 0 Å². The Morgan fingerprint density at radius 1 is 1.16 bits per heavy atom. The highest BCUT2D eigenvalue weighted by molar-refractivity contribution is 5.92. The number of amides is 1. The van der Waals surface area contributed by atoms with Gasteiger partial charge in [-0.2, -0.15) is 0 Å². The van der Waals surface area contributed by atoms with E-state index < -0.39 is 0 Å². The Kier molecular flexibility index (Phi) is 4.88. The lowest BCUT2D eigenvalue weighted by Gasteiger charge is -2.42. The summed E-state index contributed by atoms with van der Waals surface area (Å²) in [5, 5.41) is 3.99. The lowest BCUT2D eigenvalue weighted by atomic mass is 9.83. The zero-order valence-electron chi connectivity index (χ0n) is 17.7. The second-order valence-electron chi connectivity index (χ2n) is 8.64. The third kappa shape index (κ3) is 3.76. The molecule has 5 rings (SSSR count). The van der Waals surface area contributed by atoms with Crippen LogP contribution in [0.1, 0.15) is 45.4 Å². The first-order valence-electron chi connectivity index (χ1n) is 10.6. The molecule has 2 aromatic heterocycles. The number of pyridine rings is 1. The van der Waals surface area contributed by atoms with E-state index in [0.29, 0.717) is 31.1 Å². The fraction of sp³-hybridized carbons (Fsp3) is 0.375. The van der Waals surface area contributed by atoms with Crippen LogP contribution in [0.3, 0.4) is 0 Å². The molecule has 1 saturated heterocycles. The molecule has 4 heterocycles. The SMILES string of the molecule is Cc1ccc(C)c(OCc2cc(C(=O)N3C[C@@H]4C[C@@H](C3)c3cccc(=O)n3C4)no2)c1. The van der Waals surface area contributed by atoms with E-state index in [-0.39, 0.29) is 29.9 Å². The average molecular weight is 419 g/mol. The van der Waals surface area contributed by atoms with Gasteiger partial charge in [0.05, 0.1) is 0 Å². The Morgan fingerprint density at radius 2 is 2.03 bits per heavy atom. The van der Waals surface area contributed by atoms with E-state index >= 15 is 0 Å². The fourth-order valence-electron chi connectivity index (χ4n) is 4.72. The van der Waals surface area contributed by atoms with E-state index in [2.05, 4.69) is 5.16 Å². The Balaban J connectivity index is 1.28. The van der Waals surface area contributed by atoms with Crippen molar-refractivity contribution in [2.24, 2.45) is 5.92 Å². The van der Waals surface area contributed by atoms with Crippen LogP contribution in [-0.2, 0) is 13.2 Å². The van der Waals surface area contributed by atoms with Crippen LogP contribution in [0.2, 0.25) is 0 Å². The highest BCUT2D eigenvalue weighted by Gasteiger charge is 2.37. The number of hydrogen-bond acceptors (Lipinski definition) is 5. The number of rotatable bonds is 4. The van der Waals surface area contributed by atoms with E-state index in [9.17, 15) is 9.59 Å². The number of fused-ring (bicyclic) bond motifs is 4. The predicted octanol–water partition coefficient (Wildman–Crippen LogP) is 3.29. The molecule has 1 aromatic carbocycles. The zero-order chi connectivity index (χ0) is 21.5. The second kappa shape index (κ2) is 7.72. The summed E-state index contributed by atoms with van der Waals surface area (Å²) in [6.45, 7) is 6.08. The summed E-state index contributed by atoms with van der Waals surface area (Å²) in [7, 11) is 0. The van der Waals surface area contributed by atoms with Crippen LogP contribution in [0.25, 0.3) is 0 Å². The molecule has 0 unspecified atom stereocenters. The number of carbonyl (C=O) groups is 1. The summed E-state index contributed by atoms with van der Waals surface area (Å²) in [6, 6.07) is 13.1. The molecule has 2 bridgehead atoms. The predicted molar refractivity (Wildman–Crippen MR) is 114 cm³/mol. The molecule has 0 saturated carbocycles. The molecule has 1 fully saturated rings. The Morgan fingerprint density at radius 3 is 2.90 bits per heavy atom. The van der Waals surface area contributed by atoms with E-state index in [1.807, 2.05) is 47.6 Å². The van der Waals surface area contributed by atoms with Gasteiger partial charge in [0.25, 0.3) is 11.5 Å². The molecule has 7 heteroatoms. The Bertz CT molecular complexity index is 1200. The monoisotopic (exact) mass is 419 g/mol. The lowest BCUT2D eigenvalue weighted by Crippen LogP contribution is -2.49. The van der Waals surface area contributed by atoms with E-state index in [4.69, 9.17) is 9.26 Å². The largest absolute Gasteiger partial charge is 0.485 e. The summed E-state index contributed by atoms with van der Waals surface area (Å²) in [4.78, 5) is 27.1. The van der Waals surface area contributed by atoms with Gasteiger partial charge in [-0.15, -0.1) is 0 Å². The molecule has 3 aromatic rings. The maximum absolute atomic E-state index is 13.1. The quantitative estimate of drug-likeness (QED) is 0.649. The summed E-state index contributed by atoms with van der Waals surface area (Å²) in [5.74, 6) is 1.61. The van der Waals surface area contributed by atoms with Crippen molar-refractivity contribution < 1.29 is 14.1 Å². The molecule has 31 heavy (non-hydrogen) atoms. The van der Waals surface area contributed by atoms with Gasteiger partial charge in [-0.05, 0) is 49.4 Å². The molecule has 0 spiro atoms. The summed E-state index contributed by atoms with van der Waals surface area (Å²) >= 11 is 0. The van der Waals surface area contributed by atoms with Crippen molar-refractivity contribution in [2.45, 2.75) is 39.3 Å². The smallest absolute Gasteiger partial charge is 0.276 e. The number of aryl methyl sites for hydroxylation is 2.